The van der Waals surface area contributed by atoms with Crippen LogP contribution in [-0.2, 0) is 4.79 Å². The Kier molecular flexibility index (Phi) is 2.79. The van der Waals surface area contributed by atoms with Crippen LogP contribution in [0.1, 0.15) is 11.6 Å². The van der Waals surface area contributed by atoms with E-state index in [1.807, 2.05) is 6.07 Å². The number of hydrogen-bond acceptors (Lipinski definition) is 3. The summed E-state index contributed by atoms with van der Waals surface area (Å²) in [6.07, 6.45) is 0. The van der Waals surface area contributed by atoms with Crippen LogP contribution in [0.4, 0.5) is 0 Å². The van der Waals surface area contributed by atoms with Crippen LogP contribution in [0.5, 0.6) is 0 Å². The topological polar surface area (TPSA) is 75.4 Å². The van der Waals surface area contributed by atoms with Crippen LogP contribution in [0.25, 0.3) is 0 Å². The Hall–Kier alpha value is -1.39. The summed E-state index contributed by atoms with van der Waals surface area (Å²) in [4.78, 5) is 10.8. The van der Waals surface area contributed by atoms with Crippen LogP contribution >= 0.6 is 0 Å². The van der Waals surface area contributed by atoms with Crippen molar-refractivity contribution in [3.8, 4) is 0 Å². The second-order valence-corrected chi connectivity index (χ2v) is 2.36. The van der Waals surface area contributed by atoms with Gasteiger partial charge in [-0.1, -0.05) is 30.3 Å². The van der Waals surface area contributed by atoms with E-state index in [0.717, 1.165) is 0 Å². The van der Waals surface area contributed by atoms with E-state index in [4.69, 9.17) is 10.9 Å². The zero-order valence-corrected chi connectivity index (χ0v) is 6.40. The molecule has 0 radical (unpaired) electrons. The number of carbonyl (C=O) groups is 1. The van der Waals surface area contributed by atoms with E-state index in [1.165, 1.54) is 5.48 Å². The van der Waals surface area contributed by atoms with Crippen molar-refractivity contribution in [1.29, 1.82) is 0 Å². The van der Waals surface area contributed by atoms with Gasteiger partial charge in [-0.25, -0.2) is 5.48 Å². The van der Waals surface area contributed by atoms with Crippen LogP contribution in [0, 0.1) is 0 Å². The van der Waals surface area contributed by atoms with E-state index in [9.17, 15) is 4.79 Å². The molecule has 64 valence electrons. The fraction of sp³-hybridized carbons (Fsp3) is 0.125. The highest BCUT2D eigenvalue weighted by molar-refractivity contribution is 5.81. The Morgan fingerprint density at radius 1 is 1.42 bits per heavy atom. The van der Waals surface area contributed by atoms with Gasteiger partial charge in [0.2, 0.25) is 0 Å². The summed E-state index contributed by atoms with van der Waals surface area (Å²) in [6.45, 7) is 0. The first-order chi connectivity index (χ1) is 5.75. The van der Waals surface area contributed by atoms with Crippen LogP contribution in [0.3, 0.4) is 0 Å². The molecule has 0 heterocycles. The van der Waals surface area contributed by atoms with Crippen molar-refractivity contribution < 1.29 is 10.0 Å². The zero-order valence-electron chi connectivity index (χ0n) is 6.40. The highest BCUT2D eigenvalue weighted by Crippen LogP contribution is 2.08. The first kappa shape index (κ1) is 8.70. The third kappa shape index (κ3) is 1.81. The van der Waals surface area contributed by atoms with E-state index >= 15 is 0 Å². The molecule has 0 fully saturated rings. The third-order valence-corrected chi connectivity index (χ3v) is 1.55. The summed E-state index contributed by atoms with van der Waals surface area (Å²) in [5, 5.41) is 8.29. The number of nitrogens with two attached hydrogens (primary N) is 1. The summed E-state index contributed by atoms with van der Waals surface area (Å²) >= 11 is 0. The lowest BCUT2D eigenvalue weighted by Crippen LogP contribution is -2.31. The molecule has 1 rings (SSSR count). The van der Waals surface area contributed by atoms with Crippen molar-refractivity contribution >= 4 is 5.91 Å². The predicted molar refractivity (Wildman–Crippen MR) is 43.3 cm³/mol. The molecule has 0 unspecified atom stereocenters. The Labute approximate surface area is 70.0 Å². The Balaban J connectivity index is 2.78. The van der Waals surface area contributed by atoms with E-state index in [0.29, 0.717) is 5.56 Å². The molecule has 0 aliphatic carbocycles. The van der Waals surface area contributed by atoms with Crippen molar-refractivity contribution in [2.45, 2.75) is 6.04 Å². The molecule has 0 aliphatic heterocycles. The Morgan fingerprint density at radius 2 is 2.00 bits per heavy atom. The van der Waals surface area contributed by atoms with Crippen LogP contribution in [-0.4, -0.2) is 11.1 Å². The molecular formula is C8H10N2O2. The van der Waals surface area contributed by atoms with Gasteiger partial charge in [0.25, 0.3) is 5.91 Å². The fourth-order valence-electron chi connectivity index (χ4n) is 0.881. The second-order valence-electron chi connectivity index (χ2n) is 2.36. The van der Waals surface area contributed by atoms with Crippen molar-refractivity contribution in [1.82, 2.24) is 5.48 Å². The molecular weight excluding hydrogens is 156 g/mol. The smallest absolute Gasteiger partial charge is 0.264 e. The number of rotatable bonds is 2. The molecule has 1 aromatic carbocycles. The molecule has 4 heteroatoms. The van der Waals surface area contributed by atoms with Crippen molar-refractivity contribution in [2.75, 3.05) is 0 Å². The maximum atomic E-state index is 10.8. The predicted octanol–water partition coefficient (Wildman–Crippen LogP) is 0.192. The first-order valence-electron chi connectivity index (χ1n) is 3.50. The number of hydrogen-bond donors (Lipinski definition) is 3. The van der Waals surface area contributed by atoms with Gasteiger partial charge in [-0.05, 0) is 5.56 Å². The average Bonchev–Trinajstić information content (AvgIpc) is 2.17. The van der Waals surface area contributed by atoms with E-state index in [2.05, 4.69) is 0 Å². The van der Waals surface area contributed by atoms with Crippen LogP contribution < -0.4 is 11.2 Å². The van der Waals surface area contributed by atoms with Crippen LogP contribution in [0.2, 0.25) is 0 Å². The Morgan fingerprint density at radius 3 is 2.50 bits per heavy atom. The van der Waals surface area contributed by atoms with Gasteiger partial charge in [-0.15, -0.1) is 0 Å². The van der Waals surface area contributed by atoms with Crippen molar-refractivity contribution in [3.05, 3.63) is 35.9 Å². The van der Waals surface area contributed by atoms with Gasteiger partial charge in [0.15, 0.2) is 0 Å². The van der Waals surface area contributed by atoms with Crippen molar-refractivity contribution in [3.63, 3.8) is 0 Å². The Bertz CT molecular complexity index is 261. The summed E-state index contributed by atoms with van der Waals surface area (Å²) in [5.74, 6) is -0.610. The molecule has 0 bridgehead atoms. The van der Waals surface area contributed by atoms with Gasteiger partial charge in [0, 0.05) is 0 Å². The van der Waals surface area contributed by atoms with Gasteiger partial charge in [0.1, 0.15) is 6.04 Å². The lowest BCUT2D eigenvalue weighted by molar-refractivity contribution is -0.130. The minimum atomic E-state index is -0.809. The number of amides is 1. The SMILES string of the molecule is N[C@@H](C(=O)NO)c1ccccc1. The molecule has 12 heavy (non-hydrogen) atoms. The zero-order chi connectivity index (χ0) is 8.97. The molecule has 4 nitrogen and oxygen atoms in total. The molecule has 0 saturated heterocycles. The highest BCUT2D eigenvalue weighted by atomic mass is 16.5. The van der Waals surface area contributed by atoms with Crippen LogP contribution in [0.15, 0.2) is 30.3 Å². The average molecular weight is 166 g/mol. The van der Waals surface area contributed by atoms with E-state index in [-0.39, 0.29) is 0 Å². The summed E-state index contributed by atoms with van der Waals surface area (Å²) in [5.41, 5.74) is 7.65. The largest absolute Gasteiger partial charge is 0.316 e. The molecule has 1 aromatic rings. The number of carbonyl (C=O) groups excluding carboxylic acids is 1. The standard InChI is InChI=1S/C8H10N2O2/c9-7(8(11)10-12)6-4-2-1-3-5-6/h1-5,7,12H,9H2,(H,10,11)/t7-/m1/s1. The number of hydroxylamine groups is 1. The molecule has 0 aliphatic rings. The minimum Gasteiger partial charge on any atom is -0.316 e. The van der Waals surface area contributed by atoms with Gasteiger partial charge in [-0.3, -0.25) is 10.0 Å². The van der Waals surface area contributed by atoms with Gasteiger partial charge < -0.3 is 5.73 Å². The maximum absolute atomic E-state index is 10.8. The van der Waals surface area contributed by atoms with Gasteiger partial charge >= 0.3 is 0 Å². The summed E-state index contributed by atoms with van der Waals surface area (Å²) < 4.78 is 0. The fourth-order valence-corrected chi connectivity index (χ4v) is 0.881. The summed E-state index contributed by atoms with van der Waals surface area (Å²) in [7, 11) is 0. The lowest BCUT2D eigenvalue weighted by Gasteiger charge is -2.08. The van der Waals surface area contributed by atoms with Gasteiger partial charge in [0.05, 0.1) is 0 Å². The normalized spacial score (nSPS) is 12.2. The van der Waals surface area contributed by atoms with Crippen molar-refractivity contribution in [2.24, 2.45) is 5.73 Å². The maximum Gasteiger partial charge on any atom is 0.264 e. The molecule has 0 spiro atoms. The second kappa shape index (κ2) is 3.85. The molecule has 1 atom stereocenters. The quantitative estimate of drug-likeness (QED) is 0.433. The third-order valence-electron chi connectivity index (χ3n) is 1.55. The number of benzene rings is 1. The molecule has 4 N–H and O–H groups in total. The molecule has 0 aromatic heterocycles. The summed E-state index contributed by atoms with van der Waals surface area (Å²) in [6, 6.07) is 8.02. The monoisotopic (exact) mass is 166 g/mol. The van der Waals surface area contributed by atoms with Gasteiger partial charge in [-0.2, -0.15) is 0 Å². The van der Waals surface area contributed by atoms with E-state index in [1.54, 1.807) is 24.3 Å². The number of nitrogens with one attached hydrogen (secondary N) is 1. The lowest BCUT2D eigenvalue weighted by atomic mass is 10.1. The minimum absolute atomic E-state index is 0.610. The molecule has 0 saturated carbocycles. The highest BCUT2D eigenvalue weighted by Gasteiger charge is 2.13. The van der Waals surface area contributed by atoms with E-state index < -0.39 is 11.9 Å². The molecule has 1 amide bonds. The first-order valence-corrected chi connectivity index (χ1v) is 3.50.